The molecule has 0 saturated heterocycles. The standard InChI is InChI=1S/C17H15Cl3N2O3/c1-2-15(10-3-5-11(23)6-4-10)21-22-17(24)9-25-16-8-13(19)12(18)7-14(16)20/h3-8,23H,2,9H2,1H3,(H,22,24). The molecule has 25 heavy (non-hydrogen) atoms. The average Bonchev–Trinajstić information content (AvgIpc) is 2.59. The van der Waals surface area contributed by atoms with Crippen LogP contribution in [-0.4, -0.2) is 23.3 Å². The van der Waals surface area contributed by atoms with Crippen LogP contribution in [0.5, 0.6) is 11.5 Å². The van der Waals surface area contributed by atoms with Crippen molar-refractivity contribution < 1.29 is 14.6 Å². The number of phenolic OH excluding ortho intramolecular Hbond substituents is 1. The van der Waals surface area contributed by atoms with Gasteiger partial charge in [-0.3, -0.25) is 4.79 Å². The van der Waals surface area contributed by atoms with E-state index in [2.05, 4.69) is 10.5 Å². The van der Waals surface area contributed by atoms with Gasteiger partial charge in [0.25, 0.3) is 5.91 Å². The van der Waals surface area contributed by atoms with Gasteiger partial charge < -0.3 is 9.84 Å². The van der Waals surface area contributed by atoms with Gasteiger partial charge in [0, 0.05) is 6.07 Å². The molecule has 0 saturated carbocycles. The molecular formula is C17H15Cl3N2O3. The highest BCUT2D eigenvalue weighted by molar-refractivity contribution is 6.43. The number of ether oxygens (including phenoxy) is 1. The fourth-order valence-corrected chi connectivity index (χ4v) is 2.51. The lowest BCUT2D eigenvalue weighted by molar-refractivity contribution is -0.123. The molecule has 0 fully saturated rings. The monoisotopic (exact) mass is 400 g/mol. The Morgan fingerprint density at radius 1 is 1.12 bits per heavy atom. The number of carbonyl (C=O) groups excluding carboxylic acids is 1. The molecule has 0 aliphatic rings. The van der Waals surface area contributed by atoms with E-state index in [1.54, 1.807) is 24.3 Å². The highest BCUT2D eigenvalue weighted by Gasteiger charge is 2.10. The Morgan fingerprint density at radius 2 is 1.76 bits per heavy atom. The van der Waals surface area contributed by atoms with Crippen LogP contribution in [0.1, 0.15) is 18.9 Å². The zero-order valence-electron chi connectivity index (χ0n) is 13.2. The van der Waals surface area contributed by atoms with Crippen LogP contribution in [0.3, 0.4) is 0 Å². The summed E-state index contributed by atoms with van der Waals surface area (Å²) in [6.45, 7) is 1.62. The number of hydrazone groups is 1. The molecule has 1 amide bonds. The number of benzene rings is 2. The predicted octanol–water partition coefficient (Wildman–Crippen LogP) is 4.66. The van der Waals surface area contributed by atoms with Gasteiger partial charge in [-0.2, -0.15) is 5.10 Å². The van der Waals surface area contributed by atoms with Gasteiger partial charge in [-0.25, -0.2) is 5.43 Å². The van der Waals surface area contributed by atoms with Crippen LogP contribution in [-0.2, 0) is 4.79 Å². The highest BCUT2D eigenvalue weighted by Crippen LogP contribution is 2.33. The fraction of sp³-hybridized carbons (Fsp3) is 0.176. The molecule has 0 spiro atoms. The summed E-state index contributed by atoms with van der Waals surface area (Å²) >= 11 is 17.7. The number of carbonyl (C=O) groups is 1. The van der Waals surface area contributed by atoms with Crippen molar-refractivity contribution in [3.63, 3.8) is 0 Å². The minimum Gasteiger partial charge on any atom is -0.508 e. The van der Waals surface area contributed by atoms with Crippen LogP contribution >= 0.6 is 34.8 Å². The Morgan fingerprint density at radius 3 is 2.40 bits per heavy atom. The second kappa shape index (κ2) is 8.94. The smallest absolute Gasteiger partial charge is 0.277 e. The number of aromatic hydroxyl groups is 1. The first kappa shape index (κ1) is 19.4. The van der Waals surface area contributed by atoms with Crippen LogP contribution in [0.25, 0.3) is 0 Å². The van der Waals surface area contributed by atoms with Crippen molar-refractivity contribution in [3.05, 3.63) is 57.0 Å². The van der Waals surface area contributed by atoms with E-state index in [4.69, 9.17) is 39.5 Å². The van der Waals surface area contributed by atoms with Crippen LogP contribution in [0.4, 0.5) is 0 Å². The van der Waals surface area contributed by atoms with Crippen LogP contribution in [0.2, 0.25) is 15.1 Å². The van der Waals surface area contributed by atoms with E-state index in [1.165, 1.54) is 12.1 Å². The molecule has 8 heteroatoms. The molecule has 0 heterocycles. The molecule has 2 rings (SSSR count). The number of nitrogens with zero attached hydrogens (tertiary/aromatic N) is 1. The molecule has 2 N–H and O–H groups in total. The number of amides is 1. The van der Waals surface area contributed by atoms with Crippen molar-refractivity contribution in [2.75, 3.05) is 6.61 Å². The first-order chi connectivity index (χ1) is 11.9. The van der Waals surface area contributed by atoms with Gasteiger partial charge in [-0.1, -0.05) is 41.7 Å². The quantitative estimate of drug-likeness (QED) is 0.420. The summed E-state index contributed by atoms with van der Waals surface area (Å²) in [7, 11) is 0. The number of halogens is 3. The first-order valence-corrected chi connectivity index (χ1v) is 8.46. The summed E-state index contributed by atoms with van der Waals surface area (Å²) in [6, 6.07) is 9.43. The fourth-order valence-electron chi connectivity index (χ4n) is 1.92. The molecule has 2 aromatic rings. The summed E-state index contributed by atoms with van der Waals surface area (Å²) in [5, 5.41) is 14.2. The number of hydrogen-bond donors (Lipinski definition) is 2. The molecule has 0 atom stereocenters. The van der Waals surface area contributed by atoms with Crippen molar-refractivity contribution >= 4 is 46.4 Å². The van der Waals surface area contributed by atoms with Gasteiger partial charge >= 0.3 is 0 Å². The maximum Gasteiger partial charge on any atom is 0.277 e. The van der Waals surface area contributed by atoms with Gasteiger partial charge in [-0.15, -0.1) is 0 Å². The van der Waals surface area contributed by atoms with E-state index in [1.807, 2.05) is 6.92 Å². The number of nitrogens with one attached hydrogen (secondary N) is 1. The summed E-state index contributed by atoms with van der Waals surface area (Å²) in [5.74, 6) is -0.0357. The molecule has 0 bridgehead atoms. The van der Waals surface area contributed by atoms with E-state index < -0.39 is 5.91 Å². The van der Waals surface area contributed by atoms with Gasteiger partial charge in [0.1, 0.15) is 11.5 Å². The van der Waals surface area contributed by atoms with Gasteiger partial charge in [0.15, 0.2) is 6.61 Å². The molecule has 132 valence electrons. The SMILES string of the molecule is CCC(=NNC(=O)COc1cc(Cl)c(Cl)cc1Cl)c1ccc(O)cc1. The molecule has 0 aromatic heterocycles. The summed E-state index contributed by atoms with van der Waals surface area (Å²) in [4.78, 5) is 11.9. The third kappa shape index (κ3) is 5.53. The summed E-state index contributed by atoms with van der Waals surface area (Å²) in [6.07, 6.45) is 0.602. The van der Waals surface area contributed by atoms with E-state index in [0.29, 0.717) is 17.2 Å². The zero-order valence-corrected chi connectivity index (χ0v) is 15.5. The van der Waals surface area contributed by atoms with Crippen LogP contribution < -0.4 is 10.2 Å². The largest absolute Gasteiger partial charge is 0.508 e. The molecule has 0 unspecified atom stereocenters. The van der Waals surface area contributed by atoms with Crippen molar-refractivity contribution in [2.24, 2.45) is 5.10 Å². The van der Waals surface area contributed by atoms with Crippen molar-refractivity contribution in [2.45, 2.75) is 13.3 Å². The van der Waals surface area contributed by atoms with E-state index in [9.17, 15) is 9.90 Å². The second-order valence-electron chi connectivity index (χ2n) is 4.98. The molecular weight excluding hydrogens is 387 g/mol. The van der Waals surface area contributed by atoms with E-state index >= 15 is 0 Å². The molecule has 0 radical (unpaired) electrons. The van der Waals surface area contributed by atoms with Crippen molar-refractivity contribution in [1.82, 2.24) is 5.43 Å². The molecule has 2 aromatic carbocycles. The van der Waals surface area contributed by atoms with Gasteiger partial charge in [0.05, 0.1) is 20.8 Å². The van der Waals surface area contributed by atoms with Gasteiger partial charge in [0.2, 0.25) is 0 Å². The van der Waals surface area contributed by atoms with E-state index in [0.717, 1.165) is 5.56 Å². The molecule has 0 aliphatic carbocycles. The normalized spacial score (nSPS) is 11.3. The second-order valence-corrected chi connectivity index (χ2v) is 6.20. The first-order valence-electron chi connectivity index (χ1n) is 7.32. The van der Waals surface area contributed by atoms with Crippen molar-refractivity contribution in [3.8, 4) is 11.5 Å². The minimum atomic E-state index is -0.452. The topological polar surface area (TPSA) is 70.9 Å². The highest BCUT2D eigenvalue weighted by atomic mass is 35.5. The maximum atomic E-state index is 11.9. The average molecular weight is 402 g/mol. The number of hydrogen-bond acceptors (Lipinski definition) is 4. The molecule has 0 aliphatic heterocycles. The lowest BCUT2D eigenvalue weighted by Gasteiger charge is -2.09. The Bertz CT molecular complexity index is 792. The van der Waals surface area contributed by atoms with Crippen LogP contribution in [0.15, 0.2) is 41.5 Å². The Balaban J connectivity index is 1.97. The lowest BCUT2D eigenvalue weighted by Crippen LogP contribution is -2.26. The van der Waals surface area contributed by atoms with Crippen LogP contribution in [0, 0.1) is 0 Å². The lowest BCUT2D eigenvalue weighted by atomic mass is 10.1. The Labute approximate surface area is 160 Å². The zero-order chi connectivity index (χ0) is 18.4. The Kier molecular flexibility index (Phi) is 6.93. The predicted molar refractivity (Wildman–Crippen MR) is 100 cm³/mol. The summed E-state index contributed by atoms with van der Waals surface area (Å²) in [5.41, 5.74) is 3.89. The van der Waals surface area contributed by atoms with Crippen molar-refractivity contribution in [1.29, 1.82) is 0 Å². The third-order valence-corrected chi connectivity index (χ3v) is 4.20. The number of phenols is 1. The Hall–Kier alpha value is -1.95. The number of rotatable bonds is 6. The minimum absolute atomic E-state index is 0.162. The molecule has 5 nitrogen and oxygen atoms in total. The third-order valence-electron chi connectivity index (χ3n) is 3.18. The van der Waals surface area contributed by atoms with Gasteiger partial charge in [-0.05, 0) is 42.3 Å². The maximum absolute atomic E-state index is 11.9. The van der Waals surface area contributed by atoms with E-state index in [-0.39, 0.29) is 28.2 Å². The summed E-state index contributed by atoms with van der Waals surface area (Å²) < 4.78 is 5.33.